The van der Waals surface area contributed by atoms with E-state index in [0.717, 1.165) is 24.8 Å². The minimum absolute atomic E-state index is 0.0581. The van der Waals surface area contributed by atoms with Gasteiger partial charge in [0.2, 0.25) is 0 Å². The monoisotopic (exact) mass is 470 g/mol. The van der Waals surface area contributed by atoms with Gasteiger partial charge in [-0.3, -0.25) is 9.59 Å². The van der Waals surface area contributed by atoms with Gasteiger partial charge in [0.05, 0.1) is 23.5 Å². The highest BCUT2D eigenvalue weighted by Gasteiger charge is 2.36. The topological polar surface area (TPSA) is 94.8 Å². The molecule has 0 heterocycles. The Morgan fingerprint density at radius 1 is 0.875 bits per heavy atom. The summed E-state index contributed by atoms with van der Waals surface area (Å²) in [6.07, 6.45) is 20.9. The third kappa shape index (κ3) is 13.5. The Morgan fingerprint density at radius 2 is 1.41 bits per heavy atom. The van der Waals surface area contributed by atoms with Crippen molar-refractivity contribution in [3.63, 3.8) is 0 Å². The first-order valence-corrected chi connectivity index (χ1v) is 13.9. The lowest BCUT2D eigenvalue weighted by Crippen LogP contribution is -2.38. The summed E-state index contributed by atoms with van der Waals surface area (Å²) in [5.41, 5.74) is 1.10. The Labute approximate surface area is 199 Å². The van der Waals surface area contributed by atoms with Crippen molar-refractivity contribution in [2.24, 2.45) is 5.92 Å². The Morgan fingerprint density at radius 3 is 1.91 bits per heavy atom. The Kier molecular flexibility index (Phi) is 16.7. The molecule has 0 aromatic heterocycles. The number of rotatable bonds is 19. The second kappa shape index (κ2) is 18.4. The molecule has 32 heavy (non-hydrogen) atoms. The van der Waals surface area contributed by atoms with Gasteiger partial charge in [0.25, 0.3) is 0 Å². The zero-order chi connectivity index (χ0) is 23.6. The van der Waals surface area contributed by atoms with Crippen molar-refractivity contribution in [1.82, 2.24) is 0 Å². The molecule has 0 unspecified atom stereocenters. The van der Waals surface area contributed by atoms with Gasteiger partial charge in [-0.2, -0.15) is 0 Å². The first kappa shape index (κ1) is 29.0. The predicted octanol–water partition coefficient (Wildman–Crippen LogP) is 6.83. The summed E-state index contributed by atoms with van der Waals surface area (Å²) in [6, 6.07) is 0. The molecular weight excluding hydrogens is 424 g/mol. The fraction of sp³-hybridized carbons (Fsp3) is 0.846. The van der Waals surface area contributed by atoms with Crippen LogP contribution in [0.25, 0.3) is 0 Å². The van der Waals surface area contributed by atoms with E-state index < -0.39 is 18.0 Å². The van der Waals surface area contributed by atoms with Gasteiger partial charge in [-0.25, -0.2) is 0 Å². The average molecular weight is 471 g/mol. The standard InChI is InChI=1S/C26H46O5S/c1-2-3-4-5-6-7-8-9-10-11-12-13-14-15-16-21-17-18-22(19-23(27)28)25(31)26(21)32-20-24(29)30/h16,22,25-26,31H,2-15,17-20H2,1H3,(H,27,28)(H,29,30)/b21-16+/t22-,25-,26-/m1/s1. The van der Waals surface area contributed by atoms with E-state index in [1.54, 1.807) is 0 Å². The predicted molar refractivity (Wildman–Crippen MR) is 133 cm³/mol. The van der Waals surface area contributed by atoms with Crippen LogP contribution in [-0.4, -0.2) is 44.4 Å². The second-order valence-electron chi connectivity index (χ2n) is 9.32. The van der Waals surface area contributed by atoms with Crippen LogP contribution in [0.2, 0.25) is 0 Å². The molecule has 0 radical (unpaired) electrons. The number of carbonyl (C=O) groups is 2. The molecule has 0 spiro atoms. The molecule has 1 aliphatic rings. The number of thioether (sulfide) groups is 1. The molecule has 186 valence electrons. The Balaban J connectivity index is 2.22. The Bertz CT molecular complexity index is 548. The molecule has 0 bridgehead atoms. The summed E-state index contributed by atoms with van der Waals surface area (Å²) in [5.74, 6) is -2.18. The number of carboxylic acids is 2. The van der Waals surface area contributed by atoms with Crippen molar-refractivity contribution in [3.8, 4) is 0 Å². The quantitative estimate of drug-likeness (QED) is 0.141. The average Bonchev–Trinajstić information content (AvgIpc) is 2.74. The maximum atomic E-state index is 11.1. The fourth-order valence-corrected chi connectivity index (χ4v) is 5.78. The van der Waals surface area contributed by atoms with E-state index in [9.17, 15) is 14.7 Å². The van der Waals surface area contributed by atoms with Crippen LogP contribution in [0.3, 0.4) is 0 Å². The van der Waals surface area contributed by atoms with E-state index in [0.29, 0.717) is 6.42 Å². The SMILES string of the molecule is CCCCCCCCCCCCCCC/C=C1\CC[C@H](CC(=O)O)[C@@H](O)[C@@H]1SCC(=O)O. The van der Waals surface area contributed by atoms with Crippen molar-refractivity contribution in [2.45, 2.75) is 127 Å². The van der Waals surface area contributed by atoms with E-state index in [1.807, 2.05) is 0 Å². The van der Waals surface area contributed by atoms with Crippen molar-refractivity contribution >= 4 is 23.7 Å². The summed E-state index contributed by atoms with van der Waals surface area (Å²) in [4.78, 5) is 22.1. The molecule has 1 aliphatic carbocycles. The third-order valence-corrected chi connectivity index (χ3v) is 7.85. The maximum Gasteiger partial charge on any atom is 0.313 e. The molecule has 5 nitrogen and oxygen atoms in total. The molecule has 1 fully saturated rings. The maximum absolute atomic E-state index is 11.1. The molecule has 3 N–H and O–H groups in total. The van der Waals surface area contributed by atoms with Gasteiger partial charge in [0.15, 0.2) is 0 Å². The van der Waals surface area contributed by atoms with E-state index in [2.05, 4.69) is 13.0 Å². The van der Waals surface area contributed by atoms with Crippen molar-refractivity contribution in [2.75, 3.05) is 5.75 Å². The van der Waals surface area contributed by atoms with Gasteiger partial charge in [-0.05, 0) is 31.6 Å². The summed E-state index contributed by atoms with van der Waals surface area (Å²) >= 11 is 1.23. The highest BCUT2D eigenvalue weighted by atomic mass is 32.2. The number of unbranched alkanes of at least 4 members (excludes halogenated alkanes) is 13. The van der Waals surface area contributed by atoms with Gasteiger partial charge in [-0.1, -0.05) is 95.6 Å². The molecule has 0 saturated heterocycles. The highest BCUT2D eigenvalue weighted by molar-refractivity contribution is 8.00. The van der Waals surface area contributed by atoms with Gasteiger partial charge in [0.1, 0.15) is 0 Å². The smallest absolute Gasteiger partial charge is 0.313 e. The van der Waals surface area contributed by atoms with E-state index >= 15 is 0 Å². The van der Waals surface area contributed by atoms with Crippen molar-refractivity contribution in [1.29, 1.82) is 0 Å². The summed E-state index contributed by atoms with van der Waals surface area (Å²) < 4.78 is 0. The minimum atomic E-state index is -0.907. The molecule has 0 aromatic rings. The number of hydrogen-bond acceptors (Lipinski definition) is 4. The molecule has 6 heteroatoms. The normalized spacial score (nSPS) is 22.3. The number of aliphatic hydroxyl groups is 1. The zero-order valence-corrected chi connectivity index (χ0v) is 20.9. The van der Waals surface area contributed by atoms with Crippen LogP contribution in [0, 0.1) is 5.92 Å². The van der Waals surface area contributed by atoms with Crippen LogP contribution in [0.5, 0.6) is 0 Å². The van der Waals surface area contributed by atoms with E-state index in [4.69, 9.17) is 10.2 Å². The fourth-order valence-electron chi connectivity index (χ4n) is 4.61. The molecule has 1 saturated carbocycles. The minimum Gasteiger partial charge on any atom is -0.481 e. The van der Waals surface area contributed by atoms with Crippen molar-refractivity contribution in [3.05, 3.63) is 11.6 Å². The van der Waals surface area contributed by atoms with Crippen LogP contribution in [-0.2, 0) is 9.59 Å². The van der Waals surface area contributed by atoms with E-state index in [1.165, 1.54) is 88.8 Å². The van der Waals surface area contributed by atoms with Gasteiger partial charge >= 0.3 is 11.9 Å². The molecular formula is C26H46O5S. The van der Waals surface area contributed by atoms with E-state index in [-0.39, 0.29) is 23.3 Å². The molecule has 1 rings (SSSR count). The summed E-state index contributed by atoms with van der Waals surface area (Å²) in [7, 11) is 0. The molecule has 0 aromatic carbocycles. The zero-order valence-electron chi connectivity index (χ0n) is 20.1. The van der Waals surface area contributed by atoms with Crippen LogP contribution in [0.15, 0.2) is 11.6 Å². The first-order chi connectivity index (χ1) is 15.5. The Hall–Kier alpha value is -1.01. The largest absolute Gasteiger partial charge is 0.481 e. The summed E-state index contributed by atoms with van der Waals surface area (Å²) in [5, 5.41) is 28.4. The highest BCUT2D eigenvalue weighted by Crippen LogP contribution is 2.38. The number of aliphatic carboxylic acids is 2. The summed E-state index contributed by atoms with van der Waals surface area (Å²) in [6.45, 7) is 2.26. The second-order valence-corrected chi connectivity index (χ2v) is 10.5. The van der Waals surface area contributed by atoms with Gasteiger partial charge in [-0.15, -0.1) is 11.8 Å². The lowest BCUT2D eigenvalue weighted by Gasteiger charge is -2.36. The number of hydrogen-bond donors (Lipinski definition) is 3. The molecule has 0 amide bonds. The van der Waals surface area contributed by atoms with Gasteiger partial charge in [0, 0.05) is 0 Å². The van der Waals surface area contributed by atoms with Crippen molar-refractivity contribution < 1.29 is 24.9 Å². The lowest BCUT2D eigenvalue weighted by atomic mass is 9.80. The van der Waals surface area contributed by atoms with Crippen LogP contribution < -0.4 is 0 Å². The van der Waals surface area contributed by atoms with Crippen LogP contribution >= 0.6 is 11.8 Å². The van der Waals surface area contributed by atoms with Crippen LogP contribution in [0.4, 0.5) is 0 Å². The molecule has 3 atom stereocenters. The lowest BCUT2D eigenvalue weighted by molar-refractivity contribution is -0.139. The third-order valence-electron chi connectivity index (χ3n) is 6.50. The number of aliphatic hydroxyl groups excluding tert-OH is 1. The molecule has 0 aliphatic heterocycles. The van der Waals surface area contributed by atoms with Crippen LogP contribution in [0.1, 0.15) is 116 Å². The first-order valence-electron chi connectivity index (χ1n) is 12.9. The number of allylic oxidation sites excluding steroid dienone is 1. The van der Waals surface area contributed by atoms with Gasteiger partial charge < -0.3 is 15.3 Å². The number of carboxylic acid groups (broad SMARTS) is 2.